The van der Waals surface area contributed by atoms with Crippen molar-refractivity contribution in [2.24, 2.45) is 0 Å². The van der Waals surface area contributed by atoms with Crippen molar-refractivity contribution < 1.29 is 42.9 Å². The molecule has 0 amide bonds. The molecule has 20 heavy (non-hydrogen) atoms. The molecule has 112 valence electrons. The Hall–Kier alpha value is -0.930. The third kappa shape index (κ3) is 4.88. The third-order valence-electron chi connectivity index (χ3n) is 3.50. The summed E-state index contributed by atoms with van der Waals surface area (Å²) in [6, 6.07) is 6.19. The maximum Gasteiger partial charge on any atom is 0.269 e. The molecule has 0 saturated carbocycles. The van der Waals surface area contributed by atoms with E-state index in [1.165, 1.54) is 12.1 Å². The number of rotatable bonds is 5. The van der Waals surface area contributed by atoms with Crippen molar-refractivity contribution in [3.63, 3.8) is 0 Å². The van der Waals surface area contributed by atoms with Crippen LogP contribution in [0.4, 0.5) is 5.69 Å². The standard InChI is InChI=1S/C13H19N2O4.HI/c1-15(6-9-18-10-7-15)8-11-19-13-4-2-12(3-5-13)14(16)17;/h2-5H,6-11H2,1H3;1H/q+1;/p-1. The summed E-state index contributed by atoms with van der Waals surface area (Å²) in [5.41, 5.74) is 0.0829. The van der Waals surface area contributed by atoms with Gasteiger partial charge >= 0.3 is 0 Å². The minimum absolute atomic E-state index is 0. The van der Waals surface area contributed by atoms with E-state index in [-0.39, 0.29) is 29.7 Å². The van der Waals surface area contributed by atoms with Crippen LogP contribution >= 0.6 is 0 Å². The predicted octanol–water partition coefficient (Wildman–Crippen LogP) is -1.55. The average molecular weight is 394 g/mol. The van der Waals surface area contributed by atoms with Crippen LogP contribution in [0.25, 0.3) is 0 Å². The van der Waals surface area contributed by atoms with Crippen LogP contribution in [0.1, 0.15) is 0 Å². The minimum Gasteiger partial charge on any atom is -1.00 e. The molecular weight excluding hydrogens is 375 g/mol. The van der Waals surface area contributed by atoms with E-state index in [0.29, 0.717) is 12.4 Å². The Morgan fingerprint density at radius 1 is 1.30 bits per heavy atom. The lowest BCUT2D eigenvalue weighted by molar-refractivity contribution is -0.916. The van der Waals surface area contributed by atoms with Crippen molar-refractivity contribution in [3.05, 3.63) is 34.4 Å². The lowest BCUT2D eigenvalue weighted by Crippen LogP contribution is -3.00. The molecule has 0 aliphatic carbocycles. The van der Waals surface area contributed by atoms with Crippen molar-refractivity contribution in [3.8, 4) is 5.75 Å². The first-order chi connectivity index (χ1) is 9.09. The molecule has 6 nitrogen and oxygen atoms in total. The van der Waals surface area contributed by atoms with Gasteiger partial charge < -0.3 is 37.9 Å². The van der Waals surface area contributed by atoms with Crippen molar-refractivity contribution in [2.45, 2.75) is 0 Å². The zero-order valence-electron chi connectivity index (χ0n) is 11.5. The number of likely N-dealkylation sites (N-methyl/N-ethyl adjacent to an activating group) is 1. The lowest BCUT2D eigenvalue weighted by Gasteiger charge is -2.37. The molecule has 0 radical (unpaired) electrons. The van der Waals surface area contributed by atoms with Gasteiger partial charge in [0.15, 0.2) is 0 Å². The highest BCUT2D eigenvalue weighted by Crippen LogP contribution is 2.17. The number of hydrogen-bond donors (Lipinski definition) is 0. The predicted molar refractivity (Wildman–Crippen MR) is 70.2 cm³/mol. The molecule has 0 bridgehead atoms. The maximum atomic E-state index is 10.5. The van der Waals surface area contributed by atoms with E-state index in [9.17, 15) is 10.1 Å². The molecule has 1 saturated heterocycles. The number of hydrogen-bond acceptors (Lipinski definition) is 4. The van der Waals surface area contributed by atoms with E-state index in [2.05, 4.69) is 7.05 Å². The summed E-state index contributed by atoms with van der Waals surface area (Å²) in [6.45, 7) is 5.13. The summed E-state index contributed by atoms with van der Waals surface area (Å²) < 4.78 is 11.9. The summed E-state index contributed by atoms with van der Waals surface area (Å²) in [7, 11) is 2.20. The van der Waals surface area contributed by atoms with Gasteiger partial charge in [0.2, 0.25) is 0 Å². The Labute approximate surface area is 135 Å². The van der Waals surface area contributed by atoms with Crippen LogP contribution < -0.4 is 28.7 Å². The zero-order valence-corrected chi connectivity index (χ0v) is 13.6. The Morgan fingerprint density at radius 2 is 1.90 bits per heavy atom. The second-order valence-corrected chi connectivity index (χ2v) is 5.00. The Bertz CT molecular complexity index is 433. The quantitative estimate of drug-likeness (QED) is 0.263. The lowest BCUT2D eigenvalue weighted by atomic mass is 10.3. The molecule has 1 aliphatic heterocycles. The van der Waals surface area contributed by atoms with Gasteiger partial charge in [-0.05, 0) is 12.1 Å². The first kappa shape index (κ1) is 17.1. The van der Waals surface area contributed by atoms with Crippen molar-refractivity contribution >= 4 is 5.69 Å². The van der Waals surface area contributed by atoms with Crippen molar-refractivity contribution in [1.82, 2.24) is 0 Å². The molecule has 1 aliphatic rings. The van der Waals surface area contributed by atoms with Crippen LogP contribution in [0.3, 0.4) is 0 Å². The molecule has 0 aromatic heterocycles. The summed E-state index contributed by atoms with van der Waals surface area (Å²) in [5, 5.41) is 10.5. The molecule has 1 aromatic carbocycles. The summed E-state index contributed by atoms with van der Waals surface area (Å²) in [4.78, 5) is 10.1. The number of nitrogens with zero attached hydrogens (tertiary/aromatic N) is 2. The van der Waals surface area contributed by atoms with Gasteiger partial charge in [-0.15, -0.1) is 0 Å². The smallest absolute Gasteiger partial charge is 0.269 e. The number of nitro groups is 1. The van der Waals surface area contributed by atoms with E-state index in [4.69, 9.17) is 9.47 Å². The highest BCUT2D eigenvalue weighted by atomic mass is 127. The van der Waals surface area contributed by atoms with Gasteiger partial charge in [0.05, 0.1) is 25.2 Å². The number of morpholine rings is 1. The Balaban J connectivity index is 0.00000200. The van der Waals surface area contributed by atoms with Crippen LogP contribution in [-0.4, -0.2) is 55.9 Å². The first-order valence-electron chi connectivity index (χ1n) is 6.38. The largest absolute Gasteiger partial charge is 1.00 e. The van der Waals surface area contributed by atoms with Gasteiger partial charge in [0.1, 0.15) is 32.0 Å². The molecular formula is C13H19IN2O4. The second kappa shape index (κ2) is 7.75. The normalized spacial score (nSPS) is 17.1. The summed E-state index contributed by atoms with van der Waals surface area (Å²) >= 11 is 0. The van der Waals surface area contributed by atoms with Gasteiger partial charge in [-0.1, -0.05) is 0 Å². The molecule has 0 atom stereocenters. The van der Waals surface area contributed by atoms with Crippen LogP contribution in [0.5, 0.6) is 5.75 Å². The SMILES string of the molecule is C[N+]1(CCOc2ccc([N+](=O)[O-])cc2)CCOCC1.[I-]. The van der Waals surface area contributed by atoms with Crippen LogP contribution in [0.2, 0.25) is 0 Å². The fraction of sp³-hybridized carbons (Fsp3) is 0.538. The van der Waals surface area contributed by atoms with Gasteiger partial charge in [-0.2, -0.15) is 0 Å². The third-order valence-corrected chi connectivity index (χ3v) is 3.50. The Kier molecular flexibility index (Phi) is 6.63. The van der Waals surface area contributed by atoms with Crippen LogP contribution in [0.15, 0.2) is 24.3 Å². The van der Waals surface area contributed by atoms with E-state index < -0.39 is 4.92 Å². The van der Waals surface area contributed by atoms with E-state index in [1.54, 1.807) is 12.1 Å². The molecule has 1 fully saturated rings. The Morgan fingerprint density at radius 3 is 2.45 bits per heavy atom. The highest BCUT2D eigenvalue weighted by Gasteiger charge is 2.24. The maximum absolute atomic E-state index is 10.5. The minimum atomic E-state index is -0.413. The molecule has 7 heteroatoms. The first-order valence-corrected chi connectivity index (χ1v) is 6.38. The monoisotopic (exact) mass is 394 g/mol. The summed E-state index contributed by atoms with van der Waals surface area (Å²) in [5.74, 6) is 0.672. The van der Waals surface area contributed by atoms with E-state index in [1.807, 2.05) is 0 Å². The number of halogens is 1. The van der Waals surface area contributed by atoms with Gasteiger partial charge in [-0.25, -0.2) is 0 Å². The molecule has 0 spiro atoms. The van der Waals surface area contributed by atoms with Crippen LogP contribution in [-0.2, 0) is 4.74 Å². The number of ether oxygens (including phenoxy) is 2. The molecule has 1 aromatic rings. The van der Waals surface area contributed by atoms with Crippen molar-refractivity contribution in [2.75, 3.05) is 46.5 Å². The second-order valence-electron chi connectivity index (χ2n) is 5.00. The van der Waals surface area contributed by atoms with Gasteiger partial charge in [0, 0.05) is 12.1 Å². The molecule has 1 heterocycles. The fourth-order valence-corrected chi connectivity index (χ4v) is 2.06. The molecule has 0 unspecified atom stereocenters. The number of non-ortho nitro benzene ring substituents is 1. The topological polar surface area (TPSA) is 61.6 Å². The van der Waals surface area contributed by atoms with Gasteiger partial charge in [0.25, 0.3) is 5.69 Å². The van der Waals surface area contributed by atoms with Crippen molar-refractivity contribution in [1.29, 1.82) is 0 Å². The number of benzene rings is 1. The average Bonchev–Trinajstić information content (AvgIpc) is 2.40. The van der Waals surface area contributed by atoms with Gasteiger partial charge in [-0.3, -0.25) is 10.1 Å². The number of nitro benzene ring substituents is 1. The zero-order chi connectivity index (χ0) is 13.7. The molecule has 2 rings (SSSR count). The van der Waals surface area contributed by atoms with E-state index in [0.717, 1.165) is 37.3 Å². The van der Waals surface area contributed by atoms with E-state index >= 15 is 0 Å². The number of quaternary nitrogens is 1. The fourth-order valence-electron chi connectivity index (χ4n) is 2.06. The highest BCUT2D eigenvalue weighted by molar-refractivity contribution is 5.35. The summed E-state index contributed by atoms with van der Waals surface area (Å²) in [6.07, 6.45) is 0. The van der Waals surface area contributed by atoms with Crippen LogP contribution in [0, 0.1) is 10.1 Å². The molecule has 0 N–H and O–H groups in total.